The molecule has 1 aliphatic heterocycles. The number of nitrogens with one attached hydrogen (secondary N) is 2. The molecular formula is C34H30BrF3N6O5. The quantitative estimate of drug-likeness (QED) is 0.0404. The number of hydrazine groups is 1. The van der Waals surface area contributed by atoms with Crippen LogP contribution in [-0.2, 0) is 22.5 Å². The number of carbonyl (C=O) groups is 1. The maximum atomic E-state index is 14.4. The zero-order valence-electron chi connectivity index (χ0n) is 25.7. The first-order chi connectivity index (χ1) is 23.6. The van der Waals surface area contributed by atoms with Crippen LogP contribution in [0, 0.1) is 0 Å². The van der Waals surface area contributed by atoms with Gasteiger partial charge in [-0.25, -0.2) is 10.4 Å². The molecule has 15 heteroatoms. The number of rotatable bonds is 14. The second-order valence-corrected chi connectivity index (χ2v) is 11.8. The Balaban J connectivity index is 1.50. The van der Waals surface area contributed by atoms with Crippen molar-refractivity contribution in [3.05, 3.63) is 134 Å². The van der Waals surface area contributed by atoms with E-state index in [-0.39, 0.29) is 36.9 Å². The van der Waals surface area contributed by atoms with Gasteiger partial charge in [-0.1, -0.05) is 69.6 Å². The van der Waals surface area contributed by atoms with Crippen molar-refractivity contribution < 1.29 is 37.3 Å². The predicted molar refractivity (Wildman–Crippen MR) is 178 cm³/mol. The van der Waals surface area contributed by atoms with E-state index in [0.29, 0.717) is 35.5 Å². The van der Waals surface area contributed by atoms with Crippen molar-refractivity contribution in [3.63, 3.8) is 0 Å². The van der Waals surface area contributed by atoms with Crippen molar-refractivity contribution >= 4 is 33.4 Å². The van der Waals surface area contributed by atoms with E-state index >= 15 is 0 Å². The lowest BCUT2D eigenvalue weighted by atomic mass is 9.81. The molecule has 2 atom stereocenters. The van der Waals surface area contributed by atoms with Crippen molar-refractivity contribution in [1.82, 2.24) is 10.9 Å². The minimum absolute atomic E-state index is 0.00199. The molecule has 0 fully saturated rings. The zero-order chi connectivity index (χ0) is 34.9. The summed E-state index contributed by atoms with van der Waals surface area (Å²) in [7, 11) is 0. The third-order valence-corrected chi connectivity index (χ3v) is 7.97. The molecule has 0 aliphatic carbocycles. The van der Waals surface area contributed by atoms with Crippen molar-refractivity contribution in [2.45, 2.75) is 37.4 Å². The number of aliphatic imine (C=N–C) groups is 1. The van der Waals surface area contributed by atoms with Gasteiger partial charge in [0.15, 0.2) is 11.6 Å². The van der Waals surface area contributed by atoms with E-state index in [0.717, 1.165) is 10.0 Å². The van der Waals surface area contributed by atoms with E-state index in [1.807, 2.05) is 24.3 Å². The van der Waals surface area contributed by atoms with Crippen LogP contribution in [0.3, 0.4) is 0 Å². The van der Waals surface area contributed by atoms with E-state index in [1.54, 1.807) is 48.5 Å². The van der Waals surface area contributed by atoms with Crippen LogP contribution < -0.4 is 20.3 Å². The Bertz CT molecular complexity index is 1820. The largest absolute Gasteiger partial charge is 0.573 e. The molecular weight excluding hydrogens is 709 g/mol. The molecule has 4 aromatic carbocycles. The monoisotopic (exact) mass is 738 g/mol. The SMILES string of the molecule is [N-]=[N+]=Nc1ccccc1[C@@H]1OC(c2ccc(OCCCO)cc2)=N[C@]1(Cc1ccc(Br)cc1)C(=O)NNCc1ccc(OC(F)(F)F)cc1. The van der Waals surface area contributed by atoms with Gasteiger partial charge in [0.25, 0.3) is 5.91 Å². The Kier molecular flexibility index (Phi) is 11.4. The maximum Gasteiger partial charge on any atom is 0.573 e. The van der Waals surface area contributed by atoms with E-state index in [1.165, 1.54) is 24.3 Å². The lowest BCUT2D eigenvalue weighted by Crippen LogP contribution is -2.53. The molecule has 1 aliphatic rings. The highest BCUT2D eigenvalue weighted by molar-refractivity contribution is 9.10. The summed E-state index contributed by atoms with van der Waals surface area (Å²) in [6, 6.07) is 26.3. The third kappa shape index (κ3) is 9.09. The van der Waals surface area contributed by atoms with Crippen LogP contribution in [0.25, 0.3) is 10.4 Å². The average Bonchev–Trinajstić information content (AvgIpc) is 3.47. The molecule has 1 amide bonds. The second-order valence-electron chi connectivity index (χ2n) is 10.8. The molecule has 5 rings (SSSR count). The molecule has 49 heavy (non-hydrogen) atoms. The molecule has 11 nitrogen and oxygen atoms in total. The van der Waals surface area contributed by atoms with Crippen LogP contribution in [0.5, 0.6) is 11.5 Å². The van der Waals surface area contributed by atoms with Gasteiger partial charge >= 0.3 is 6.36 Å². The summed E-state index contributed by atoms with van der Waals surface area (Å²) in [4.78, 5) is 22.3. The number of halogens is 4. The summed E-state index contributed by atoms with van der Waals surface area (Å²) >= 11 is 3.44. The molecule has 0 radical (unpaired) electrons. The molecule has 0 bridgehead atoms. The van der Waals surface area contributed by atoms with Crippen LogP contribution in [-0.4, -0.2) is 42.0 Å². The molecule has 3 N–H and O–H groups in total. The van der Waals surface area contributed by atoms with Gasteiger partial charge in [-0.2, -0.15) is 0 Å². The van der Waals surface area contributed by atoms with Crippen LogP contribution in [0.2, 0.25) is 0 Å². The van der Waals surface area contributed by atoms with Crippen molar-refractivity contribution in [2.24, 2.45) is 10.1 Å². The molecule has 1 heterocycles. The molecule has 0 aromatic heterocycles. The van der Waals surface area contributed by atoms with Gasteiger partial charge < -0.3 is 19.3 Å². The van der Waals surface area contributed by atoms with Crippen LogP contribution in [0.15, 0.2) is 112 Å². The van der Waals surface area contributed by atoms with E-state index in [9.17, 15) is 23.5 Å². The van der Waals surface area contributed by atoms with Crippen LogP contribution >= 0.6 is 15.9 Å². The molecule has 0 unspecified atom stereocenters. The lowest BCUT2D eigenvalue weighted by Gasteiger charge is -2.31. The van der Waals surface area contributed by atoms with E-state index in [2.05, 4.69) is 41.5 Å². The third-order valence-electron chi connectivity index (χ3n) is 7.44. The van der Waals surface area contributed by atoms with Crippen molar-refractivity contribution in [1.29, 1.82) is 0 Å². The summed E-state index contributed by atoms with van der Waals surface area (Å²) in [6.45, 7) is 0.393. The van der Waals surface area contributed by atoms with Gasteiger partial charge in [0.1, 0.15) is 11.5 Å². The number of hydrogen-bond acceptors (Lipinski definition) is 8. The number of amides is 1. The first-order valence-corrected chi connectivity index (χ1v) is 15.8. The smallest absolute Gasteiger partial charge is 0.494 e. The Hall–Kier alpha value is -5.08. The first kappa shape index (κ1) is 35.2. The molecule has 0 saturated heterocycles. The fourth-order valence-corrected chi connectivity index (χ4v) is 5.43. The standard InChI is InChI=1S/C34H30BrF3N6O5/c35-25-12-6-22(7-13-25)20-33(32(46)43-40-21-23-8-14-27(15-9-23)49-34(36,37)38)30(28-4-1-2-5-29(28)42-44-39)48-31(41-33)24-10-16-26(17-11-24)47-19-3-18-45/h1-2,4-17,30,40,45H,3,18-21H2,(H,43,46)/t30-,33-/m0/s1. The Morgan fingerprint density at radius 3 is 2.35 bits per heavy atom. The highest BCUT2D eigenvalue weighted by atomic mass is 79.9. The number of azide groups is 1. The Morgan fingerprint density at radius 1 is 1.00 bits per heavy atom. The van der Waals surface area contributed by atoms with Gasteiger partial charge in [-0.15, -0.1) is 13.2 Å². The Labute approximate surface area is 287 Å². The number of carbonyl (C=O) groups excluding carboxylic acids is 1. The fourth-order valence-electron chi connectivity index (χ4n) is 5.16. The van der Waals surface area contributed by atoms with Crippen molar-refractivity contribution in [2.75, 3.05) is 13.2 Å². The fraction of sp³-hybridized carbons (Fsp3) is 0.235. The van der Waals surface area contributed by atoms with Gasteiger partial charge in [0, 0.05) is 52.2 Å². The van der Waals surface area contributed by atoms with Gasteiger partial charge in [-0.05, 0) is 65.2 Å². The molecule has 0 saturated carbocycles. The number of aliphatic hydroxyl groups excluding tert-OH is 1. The van der Waals surface area contributed by atoms with E-state index in [4.69, 9.17) is 19.6 Å². The first-order valence-electron chi connectivity index (χ1n) is 15.0. The summed E-state index contributed by atoms with van der Waals surface area (Å²) in [5.41, 5.74) is 15.8. The predicted octanol–water partition coefficient (Wildman–Crippen LogP) is 7.37. The normalized spacial score (nSPS) is 17.0. The Morgan fingerprint density at radius 2 is 1.67 bits per heavy atom. The maximum absolute atomic E-state index is 14.4. The van der Waals surface area contributed by atoms with Crippen molar-refractivity contribution in [3.8, 4) is 11.5 Å². The van der Waals surface area contributed by atoms with Crippen LogP contribution in [0.1, 0.15) is 34.8 Å². The number of benzene rings is 4. The van der Waals surface area contributed by atoms with Crippen LogP contribution in [0.4, 0.5) is 18.9 Å². The average molecular weight is 740 g/mol. The molecule has 0 spiro atoms. The lowest BCUT2D eigenvalue weighted by molar-refractivity contribution is -0.274. The number of nitrogens with zero attached hydrogens (tertiary/aromatic N) is 4. The van der Waals surface area contributed by atoms with Gasteiger partial charge in [0.05, 0.1) is 6.61 Å². The van der Waals surface area contributed by atoms with E-state index < -0.39 is 23.9 Å². The number of alkyl halides is 3. The number of hydrogen-bond donors (Lipinski definition) is 3. The number of ether oxygens (including phenoxy) is 3. The molecule has 254 valence electrons. The highest BCUT2D eigenvalue weighted by Crippen LogP contribution is 2.45. The van der Waals surface area contributed by atoms with Gasteiger partial charge in [0.2, 0.25) is 5.90 Å². The summed E-state index contributed by atoms with van der Waals surface area (Å²) in [6.07, 6.45) is -5.33. The van der Waals surface area contributed by atoms with Gasteiger partial charge in [-0.3, -0.25) is 10.2 Å². The summed E-state index contributed by atoms with van der Waals surface area (Å²) < 4.78 is 54.7. The summed E-state index contributed by atoms with van der Waals surface area (Å²) in [5.74, 6) is -0.213. The minimum Gasteiger partial charge on any atom is -0.494 e. The number of aliphatic hydroxyl groups is 1. The minimum atomic E-state index is -4.82. The second kappa shape index (κ2) is 15.9. The topological polar surface area (TPSA) is 150 Å². The summed E-state index contributed by atoms with van der Waals surface area (Å²) in [5, 5.41) is 12.9. The highest BCUT2D eigenvalue weighted by Gasteiger charge is 2.54. The molecule has 4 aromatic rings. The zero-order valence-corrected chi connectivity index (χ0v) is 27.3.